The number of para-hydroxylation sites is 1. The van der Waals surface area contributed by atoms with Crippen LogP contribution in [-0.4, -0.2) is 13.6 Å². The topological polar surface area (TPSA) is 98.2 Å². The molecule has 7 heteroatoms. The van der Waals surface area contributed by atoms with Gasteiger partial charge in [-0.3, -0.25) is 4.72 Å². The number of sulfonamides is 1. The Bertz CT molecular complexity index is 701. The summed E-state index contributed by atoms with van der Waals surface area (Å²) in [5.74, 6) is 0.258. The number of aromatic nitrogens is 1. The van der Waals surface area contributed by atoms with E-state index in [0.29, 0.717) is 11.4 Å². The molecule has 1 aromatic heterocycles. The quantitative estimate of drug-likeness (QED) is 0.900. The molecule has 0 fully saturated rings. The van der Waals surface area contributed by atoms with Crippen molar-refractivity contribution in [3.05, 3.63) is 41.3 Å². The van der Waals surface area contributed by atoms with Gasteiger partial charge in [0.15, 0.2) is 10.7 Å². The Morgan fingerprint density at radius 3 is 2.50 bits per heavy atom. The van der Waals surface area contributed by atoms with E-state index in [0.717, 1.165) is 5.56 Å². The van der Waals surface area contributed by atoms with Gasteiger partial charge in [0.25, 0.3) is 10.0 Å². The number of rotatable bonds is 4. The van der Waals surface area contributed by atoms with Crippen LogP contribution >= 0.6 is 0 Å². The van der Waals surface area contributed by atoms with Gasteiger partial charge in [-0.05, 0) is 32.4 Å². The summed E-state index contributed by atoms with van der Waals surface area (Å²) in [6.45, 7) is 4.94. The Kier molecular flexibility index (Phi) is 3.82. The fourth-order valence-corrected chi connectivity index (χ4v) is 3.46. The molecular weight excluding hydrogens is 278 g/mol. The van der Waals surface area contributed by atoms with Crippen LogP contribution in [0, 0.1) is 13.8 Å². The van der Waals surface area contributed by atoms with Crippen LogP contribution in [0.25, 0.3) is 0 Å². The summed E-state index contributed by atoms with van der Waals surface area (Å²) in [5.41, 5.74) is 7.36. The summed E-state index contributed by atoms with van der Waals surface area (Å²) in [5, 5.41) is 3.66. The molecule has 6 nitrogen and oxygen atoms in total. The maximum absolute atomic E-state index is 12.4. The van der Waals surface area contributed by atoms with Crippen molar-refractivity contribution in [3.63, 3.8) is 0 Å². The molecule has 0 aliphatic heterocycles. The van der Waals surface area contributed by atoms with E-state index in [2.05, 4.69) is 9.88 Å². The monoisotopic (exact) mass is 295 g/mol. The molecule has 108 valence electrons. The first-order chi connectivity index (χ1) is 9.33. The highest BCUT2D eigenvalue weighted by molar-refractivity contribution is 7.92. The largest absolute Gasteiger partial charge is 0.360 e. The van der Waals surface area contributed by atoms with Crippen molar-refractivity contribution in [1.82, 2.24) is 5.16 Å². The molecule has 0 saturated heterocycles. The van der Waals surface area contributed by atoms with Crippen LogP contribution in [0.5, 0.6) is 0 Å². The minimum Gasteiger partial charge on any atom is -0.360 e. The zero-order chi connectivity index (χ0) is 14.9. The number of nitrogens with zero attached hydrogens (tertiary/aromatic N) is 1. The maximum atomic E-state index is 12.4. The molecule has 0 unspecified atom stereocenters. The first kappa shape index (κ1) is 14.5. The van der Waals surface area contributed by atoms with Crippen LogP contribution in [-0.2, 0) is 10.0 Å². The van der Waals surface area contributed by atoms with Crippen molar-refractivity contribution in [2.75, 3.05) is 4.72 Å². The third kappa shape index (κ3) is 2.68. The summed E-state index contributed by atoms with van der Waals surface area (Å²) in [4.78, 5) is 0.0666. The van der Waals surface area contributed by atoms with Crippen molar-refractivity contribution in [2.45, 2.75) is 31.7 Å². The lowest BCUT2D eigenvalue weighted by Gasteiger charge is -2.14. The summed E-state index contributed by atoms with van der Waals surface area (Å²) in [6.07, 6.45) is 0. The van der Waals surface area contributed by atoms with Crippen LogP contribution in [0.2, 0.25) is 0 Å². The van der Waals surface area contributed by atoms with Crippen LogP contribution in [0.3, 0.4) is 0 Å². The molecule has 0 radical (unpaired) electrons. The van der Waals surface area contributed by atoms with Crippen LogP contribution in [0.15, 0.2) is 33.7 Å². The average molecular weight is 295 g/mol. The van der Waals surface area contributed by atoms with E-state index in [1.165, 1.54) is 0 Å². The van der Waals surface area contributed by atoms with E-state index in [9.17, 15) is 8.42 Å². The molecule has 1 aromatic carbocycles. The van der Waals surface area contributed by atoms with Crippen LogP contribution < -0.4 is 10.5 Å². The fourth-order valence-electron chi connectivity index (χ4n) is 2.04. The highest BCUT2D eigenvalue weighted by Crippen LogP contribution is 2.26. The van der Waals surface area contributed by atoms with E-state index in [1.807, 2.05) is 6.07 Å². The van der Waals surface area contributed by atoms with Gasteiger partial charge in [0.05, 0.1) is 5.69 Å². The predicted octanol–water partition coefficient (Wildman–Crippen LogP) is 2.11. The van der Waals surface area contributed by atoms with Gasteiger partial charge in [-0.15, -0.1) is 0 Å². The molecule has 1 atom stereocenters. The minimum atomic E-state index is -3.75. The Balaban J connectivity index is 2.45. The summed E-state index contributed by atoms with van der Waals surface area (Å²) >= 11 is 0. The van der Waals surface area contributed by atoms with Crippen molar-refractivity contribution >= 4 is 15.7 Å². The number of anilines is 1. The number of nitrogens with two attached hydrogens (primary N) is 1. The molecule has 20 heavy (non-hydrogen) atoms. The van der Waals surface area contributed by atoms with Gasteiger partial charge in [-0.1, -0.05) is 23.4 Å². The van der Waals surface area contributed by atoms with Gasteiger partial charge < -0.3 is 10.3 Å². The Morgan fingerprint density at radius 2 is 1.95 bits per heavy atom. The summed E-state index contributed by atoms with van der Waals surface area (Å²) < 4.78 is 32.3. The van der Waals surface area contributed by atoms with Gasteiger partial charge in [-0.25, -0.2) is 8.42 Å². The number of benzene rings is 1. The molecular formula is C13H17N3O3S. The molecule has 0 amide bonds. The normalized spacial score (nSPS) is 13.2. The van der Waals surface area contributed by atoms with Gasteiger partial charge in [0.2, 0.25) is 0 Å². The lowest BCUT2D eigenvalue weighted by molar-refractivity contribution is 0.390. The molecule has 1 heterocycles. The number of aryl methyl sites for hydroxylation is 2. The van der Waals surface area contributed by atoms with Crippen LogP contribution in [0.1, 0.15) is 30.0 Å². The van der Waals surface area contributed by atoms with E-state index < -0.39 is 10.0 Å². The first-order valence-corrected chi connectivity index (χ1v) is 7.61. The van der Waals surface area contributed by atoms with E-state index in [-0.39, 0.29) is 16.7 Å². The molecule has 0 saturated carbocycles. The lowest BCUT2D eigenvalue weighted by Crippen LogP contribution is -2.17. The number of hydrogen-bond acceptors (Lipinski definition) is 5. The van der Waals surface area contributed by atoms with E-state index in [4.69, 9.17) is 10.3 Å². The van der Waals surface area contributed by atoms with E-state index >= 15 is 0 Å². The zero-order valence-electron chi connectivity index (χ0n) is 11.5. The molecule has 0 bridgehead atoms. The summed E-state index contributed by atoms with van der Waals surface area (Å²) in [6, 6.07) is 6.74. The third-order valence-electron chi connectivity index (χ3n) is 2.93. The van der Waals surface area contributed by atoms with Gasteiger partial charge in [0, 0.05) is 6.04 Å². The number of nitrogens with one attached hydrogen (secondary N) is 1. The molecule has 0 spiro atoms. The second-order valence-corrected chi connectivity index (χ2v) is 6.25. The standard InChI is InChI=1S/C13H17N3O3S/c1-8(14)11-6-4-5-7-12(11)16-20(17,18)13-9(2)15-19-10(13)3/h4-8,16H,14H2,1-3H3/t8-/m0/s1. The van der Waals surface area contributed by atoms with Crippen molar-refractivity contribution in [1.29, 1.82) is 0 Å². The van der Waals surface area contributed by atoms with E-state index in [1.54, 1.807) is 39.0 Å². The average Bonchev–Trinajstić information content (AvgIpc) is 2.69. The Labute approximate surface area is 118 Å². The molecule has 2 rings (SSSR count). The van der Waals surface area contributed by atoms with Gasteiger partial charge >= 0.3 is 0 Å². The highest BCUT2D eigenvalue weighted by Gasteiger charge is 2.25. The molecule has 0 aliphatic rings. The SMILES string of the molecule is Cc1noc(C)c1S(=O)(=O)Nc1ccccc1[C@H](C)N. The Hall–Kier alpha value is -1.86. The first-order valence-electron chi connectivity index (χ1n) is 6.13. The van der Waals surface area contributed by atoms with Crippen molar-refractivity contribution < 1.29 is 12.9 Å². The van der Waals surface area contributed by atoms with Crippen LogP contribution in [0.4, 0.5) is 5.69 Å². The zero-order valence-corrected chi connectivity index (χ0v) is 12.4. The second-order valence-electron chi connectivity index (χ2n) is 4.63. The van der Waals surface area contributed by atoms with Gasteiger partial charge in [-0.2, -0.15) is 0 Å². The molecule has 3 N–H and O–H groups in total. The molecule has 2 aromatic rings. The molecule has 0 aliphatic carbocycles. The maximum Gasteiger partial charge on any atom is 0.267 e. The number of hydrogen-bond donors (Lipinski definition) is 2. The van der Waals surface area contributed by atoms with Gasteiger partial charge in [0.1, 0.15) is 5.69 Å². The second kappa shape index (κ2) is 5.26. The Morgan fingerprint density at radius 1 is 1.30 bits per heavy atom. The van der Waals surface area contributed by atoms with Crippen molar-refractivity contribution in [2.24, 2.45) is 5.73 Å². The fraction of sp³-hybridized carbons (Fsp3) is 0.308. The van der Waals surface area contributed by atoms with Crippen molar-refractivity contribution in [3.8, 4) is 0 Å². The third-order valence-corrected chi connectivity index (χ3v) is 4.54. The summed E-state index contributed by atoms with van der Waals surface area (Å²) in [7, 11) is -3.75. The lowest BCUT2D eigenvalue weighted by atomic mass is 10.1. The minimum absolute atomic E-state index is 0.0666. The smallest absolute Gasteiger partial charge is 0.267 e. The predicted molar refractivity (Wildman–Crippen MR) is 75.8 cm³/mol. The highest BCUT2D eigenvalue weighted by atomic mass is 32.2.